The van der Waals surface area contributed by atoms with Gasteiger partial charge >= 0.3 is 11.9 Å². The molecule has 38 heavy (non-hydrogen) atoms. The summed E-state index contributed by atoms with van der Waals surface area (Å²) in [6.07, 6.45) is 3.00. The smallest absolute Gasteiger partial charge is 0.330 e. The molecule has 0 saturated heterocycles. The minimum absolute atomic E-state index is 0.0167. The Morgan fingerprint density at radius 2 is 1.71 bits per heavy atom. The predicted molar refractivity (Wildman–Crippen MR) is 146 cm³/mol. The van der Waals surface area contributed by atoms with E-state index >= 15 is 0 Å². The van der Waals surface area contributed by atoms with Crippen LogP contribution in [0.3, 0.4) is 0 Å². The number of nitrogen functional groups attached to an aromatic ring is 1. The average molecular weight is 522 g/mol. The van der Waals surface area contributed by atoms with Crippen molar-refractivity contribution in [1.29, 1.82) is 5.41 Å². The van der Waals surface area contributed by atoms with Gasteiger partial charge in [0, 0.05) is 17.7 Å². The topological polar surface area (TPSA) is 154 Å². The summed E-state index contributed by atoms with van der Waals surface area (Å²) >= 11 is 0. The second-order valence-electron chi connectivity index (χ2n) is 8.88. The molecule has 9 nitrogen and oxygen atoms in total. The van der Waals surface area contributed by atoms with Gasteiger partial charge in [0.05, 0.1) is 5.92 Å². The number of aliphatic carboxylic acids is 2. The molecule has 9 heteroatoms. The van der Waals surface area contributed by atoms with Gasteiger partial charge in [-0.15, -0.1) is 6.58 Å². The molecular weight excluding hydrogens is 486 g/mol. The normalized spacial score (nSPS) is 13.6. The number of nitrogens with two attached hydrogens (primary N) is 1. The molecule has 0 fully saturated rings. The van der Waals surface area contributed by atoms with E-state index in [9.17, 15) is 24.6 Å². The Morgan fingerprint density at radius 3 is 2.16 bits per heavy atom. The van der Waals surface area contributed by atoms with Gasteiger partial charge in [0.25, 0.3) is 5.91 Å². The van der Waals surface area contributed by atoms with Gasteiger partial charge in [-0.05, 0) is 61.2 Å². The minimum Gasteiger partial charge on any atom is -0.489 e. The number of nitrogens with one attached hydrogen (secondary N) is 1. The third kappa shape index (κ3) is 6.67. The maximum Gasteiger partial charge on any atom is 0.330 e. The van der Waals surface area contributed by atoms with Gasteiger partial charge in [0.2, 0.25) is 0 Å². The van der Waals surface area contributed by atoms with Crippen LogP contribution in [0, 0.1) is 11.3 Å². The summed E-state index contributed by atoms with van der Waals surface area (Å²) in [5.74, 6) is -3.88. The maximum atomic E-state index is 13.5. The molecule has 2 aromatic carbocycles. The second kappa shape index (κ2) is 13.2. The van der Waals surface area contributed by atoms with Gasteiger partial charge in [-0.1, -0.05) is 44.2 Å². The van der Waals surface area contributed by atoms with Gasteiger partial charge < -0.3 is 25.6 Å². The summed E-state index contributed by atoms with van der Waals surface area (Å²) in [7, 11) is 0. The molecule has 0 aromatic heterocycles. The molecule has 1 unspecified atom stereocenters. The van der Waals surface area contributed by atoms with Crippen LogP contribution in [0.4, 0.5) is 0 Å². The van der Waals surface area contributed by atoms with Gasteiger partial charge in [0.15, 0.2) is 5.54 Å². The fourth-order valence-corrected chi connectivity index (χ4v) is 4.45. The molecule has 202 valence electrons. The Kier molecular flexibility index (Phi) is 10.4. The zero-order valence-corrected chi connectivity index (χ0v) is 21.9. The highest BCUT2D eigenvalue weighted by molar-refractivity contribution is 6.01. The SMILES string of the molecule is C=CCN(C(=O)/C(C)=C/c1ccc(COc2ccc(C(=N)N)cc2)cc1)[C@@](CC)(C(=O)O)C(CC)C(=O)O. The third-order valence-electron chi connectivity index (χ3n) is 6.50. The van der Waals surface area contributed by atoms with Crippen LogP contribution in [0.15, 0.2) is 66.8 Å². The van der Waals surface area contributed by atoms with Crippen molar-refractivity contribution < 1.29 is 29.3 Å². The lowest BCUT2D eigenvalue weighted by molar-refractivity contribution is -0.170. The highest BCUT2D eigenvalue weighted by Gasteiger charge is 2.53. The molecule has 0 bridgehead atoms. The quantitative estimate of drug-likeness (QED) is 0.125. The molecule has 0 heterocycles. The first-order valence-electron chi connectivity index (χ1n) is 12.2. The van der Waals surface area contributed by atoms with E-state index in [4.69, 9.17) is 15.9 Å². The summed E-state index contributed by atoms with van der Waals surface area (Å²) in [5, 5.41) is 27.4. The Hall–Kier alpha value is -4.40. The number of carboxylic acid groups (broad SMARTS) is 2. The summed E-state index contributed by atoms with van der Waals surface area (Å²) in [6.45, 7) is 8.57. The van der Waals surface area contributed by atoms with Crippen LogP contribution in [0.25, 0.3) is 6.08 Å². The molecule has 0 saturated carbocycles. The Balaban J connectivity index is 2.25. The van der Waals surface area contributed by atoms with Crippen LogP contribution in [0.5, 0.6) is 5.75 Å². The number of amidine groups is 1. The van der Waals surface area contributed by atoms with Crippen molar-refractivity contribution in [3.63, 3.8) is 0 Å². The number of carbonyl (C=O) groups is 3. The van der Waals surface area contributed by atoms with E-state index in [1.165, 1.54) is 6.08 Å². The number of benzene rings is 2. The molecule has 0 aliphatic heterocycles. The molecule has 2 atom stereocenters. The molecular formula is C29H35N3O6. The van der Waals surface area contributed by atoms with Crippen LogP contribution in [0.2, 0.25) is 0 Å². The van der Waals surface area contributed by atoms with E-state index in [1.54, 1.807) is 51.1 Å². The molecule has 0 spiro atoms. The molecule has 2 aromatic rings. The molecule has 2 rings (SSSR count). The predicted octanol–water partition coefficient (Wildman–Crippen LogP) is 4.31. The first kappa shape index (κ1) is 29.8. The van der Waals surface area contributed by atoms with Gasteiger partial charge in [-0.2, -0.15) is 0 Å². The molecule has 0 aliphatic carbocycles. The number of carbonyl (C=O) groups excluding carboxylic acids is 1. The number of nitrogens with zero attached hydrogens (tertiary/aromatic N) is 1. The first-order chi connectivity index (χ1) is 18.0. The highest BCUT2D eigenvalue weighted by Crippen LogP contribution is 2.34. The van der Waals surface area contributed by atoms with E-state index in [1.807, 2.05) is 24.3 Å². The Labute approximate surface area is 222 Å². The maximum absolute atomic E-state index is 13.5. The zero-order chi connectivity index (χ0) is 28.5. The van der Waals surface area contributed by atoms with Crippen LogP contribution >= 0.6 is 0 Å². The van der Waals surface area contributed by atoms with E-state index in [-0.39, 0.29) is 30.8 Å². The van der Waals surface area contributed by atoms with Gasteiger partial charge in [-0.3, -0.25) is 15.0 Å². The first-order valence-corrected chi connectivity index (χ1v) is 12.2. The van der Waals surface area contributed by atoms with Crippen LogP contribution in [-0.2, 0) is 21.0 Å². The molecule has 1 amide bonds. The van der Waals surface area contributed by atoms with E-state index < -0.39 is 29.3 Å². The third-order valence-corrected chi connectivity index (χ3v) is 6.50. The van der Waals surface area contributed by atoms with E-state index in [0.29, 0.717) is 23.5 Å². The number of rotatable bonds is 14. The summed E-state index contributed by atoms with van der Waals surface area (Å²) in [4.78, 5) is 39.1. The van der Waals surface area contributed by atoms with Crippen molar-refractivity contribution in [1.82, 2.24) is 4.90 Å². The standard InChI is InChI=1S/C29H35N3O6/c1-5-16-32(29(7-3,28(36)37)24(6-2)27(34)35)26(33)19(4)17-20-8-10-21(11-9-20)18-38-23-14-12-22(13-15-23)25(30)31/h5,8-15,17,24H,1,6-7,16,18H2,2-4H3,(H3,30,31)(H,34,35)(H,36,37)/b19-17+/t24?,29-/m1/s1. The van der Waals surface area contributed by atoms with Crippen molar-refractivity contribution in [2.24, 2.45) is 11.7 Å². The minimum atomic E-state index is -1.93. The largest absolute Gasteiger partial charge is 0.489 e. The second-order valence-corrected chi connectivity index (χ2v) is 8.88. The van der Waals surface area contributed by atoms with Crippen LogP contribution in [0.1, 0.15) is 50.3 Å². The zero-order valence-electron chi connectivity index (χ0n) is 21.9. The van der Waals surface area contributed by atoms with Crippen LogP contribution < -0.4 is 10.5 Å². The van der Waals surface area contributed by atoms with E-state index in [2.05, 4.69) is 6.58 Å². The Morgan fingerprint density at radius 1 is 1.11 bits per heavy atom. The van der Waals surface area contributed by atoms with Crippen molar-refractivity contribution in [2.45, 2.75) is 45.8 Å². The van der Waals surface area contributed by atoms with Crippen LogP contribution in [-0.4, -0.2) is 50.9 Å². The van der Waals surface area contributed by atoms with Gasteiger partial charge in [0.1, 0.15) is 18.2 Å². The molecule has 0 aliphatic rings. The monoisotopic (exact) mass is 521 g/mol. The van der Waals surface area contributed by atoms with Crippen molar-refractivity contribution >= 4 is 29.8 Å². The fourth-order valence-electron chi connectivity index (χ4n) is 4.45. The number of ether oxygens (including phenoxy) is 1. The molecule has 5 N–H and O–H groups in total. The van der Waals surface area contributed by atoms with E-state index in [0.717, 1.165) is 10.5 Å². The summed E-state index contributed by atoms with van der Waals surface area (Å²) in [5.41, 5.74) is 6.01. The van der Waals surface area contributed by atoms with Crippen molar-refractivity contribution in [3.8, 4) is 5.75 Å². The van der Waals surface area contributed by atoms with Crippen molar-refractivity contribution in [2.75, 3.05) is 6.54 Å². The molecule has 0 radical (unpaired) electrons. The number of amides is 1. The summed E-state index contributed by atoms with van der Waals surface area (Å²) in [6, 6.07) is 14.2. The lowest BCUT2D eigenvalue weighted by Crippen LogP contribution is -2.63. The summed E-state index contributed by atoms with van der Waals surface area (Å²) < 4.78 is 5.77. The lowest BCUT2D eigenvalue weighted by atomic mass is 9.77. The van der Waals surface area contributed by atoms with Gasteiger partial charge in [-0.25, -0.2) is 4.79 Å². The number of carboxylic acids is 2. The fraction of sp³-hybridized carbons (Fsp3) is 0.310. The number of hydrogen-bond donors (Lipinski definition) is 4. The number of hydrogen-bond acceptors (Lipinski definition) is 5. The van der Waals surface area contributed by atoms with Crippen molar-refractivity contribution in [3.05, 3.63) is 83.4 Å². The lowest BCUT2D eigenvalue weighted by Gasteiger charge is -2.43. The highest BCUT2D eigenvalue weighted by atomic mass is 16.5. The Bertz CT molecular complexity index is 1200. The average Bonchev–Trinajstić information content (AvgIpc) is 2.89.